The molecule has 5 heteroatoms. The molecule has 0 radical (unpaired) electrons. The number of hydrogen-bond donors (Lipinski definition) is 0. The second-order valence-corrected chi connectivity index (χ2v) is 11.7. The molecule has 6 rings (SSSR count). The maximum atomic E-state index is 5.69. The third-order valence-corrected chi connectivity index (χ3v) is 8.74. The van der Waals surface area contributed by atoms with E-state index in [1.165, 1.54) is 56.6 Å². The summed E-state index contributed by atoms with van der Waals surface area (Å²) in [7, 11) is 3.90. The van der Waals surface area contributed by atoms with Crippen LogP contribution in [-0.4, -0.2) is 36.4 Å². The van der Waals surface area contributed by atoms with Crippen LogP contribution in [0.25, 0.3) is 47.8 Å². The fraction of sp³-hybridized carbons (Fsp3) is 0.115. The average Bonchev–Trinajstić information content (AvgIpc) is 3.29. The molecule has 3 aromatic carbocycles. The number of aromatic nitrogens is 2. The van der Waals surface area contributed by atoms with Gasteiger partial charge in [-0.2, -0.15) is 0 Å². The Morgan fingerprint density at radius 2 is 1.74 bits per heavy atom. The van der Waals surface area contributed by atoms with Crippen molar-refractivity contribution in [3.05, 3.63) is 72.4 Å². The van der Waals surface area contributed by atoms with E-state index in [0.29, 0.717) is 0 Å². The van der Waals surface area contributed by atoms with Gasteiger partial charge in [0.25, 0.3) is 0 Å². The Bertz CT molecular complexity index is 1660. The Hall–Kier alpha value is -2.49. The zero-order valence-electron chi connectivity index (χ0n) is 17.6. The fourth-order valence-corrected chi connectivity index (χ4v) is 6.89. The summed E-state index contributed by atoms with van der Waals surface area (Å²) in [5.41, 5.74) is 3.64. The molecule has 3 aromatic heterocycles. The van der Waals surface area contributed by atoms with E-state index < -0.39 is 0 Å². The molecule has 0 aliphatic carbocycles. The predicted molar refractivity (Wildman–Crippen MR) is 134 cm³/mol. The van der Waals surface area contributed by atoms with Gasteiger partial charge in [-0.15, -0.1) is 0 Å². The number of ether oxygens (including phenoxy) is 1. The molecule has 0 atom stereocenters. The molecule has 0 N–H and O–H groups in total. The Labute approximate surface area is 199 Å². The van der Waals surface area contributed by atoms with Gasteiger partial charge in [0.2, 0.25) is 0 Å². The van der Waals surface area contributed by atoms with Gasteiger partial charge in [0.05, 0.1) is 0 Å². The summed E-state index contributed by atoms with van der Waals surface area (Å²) in [5, 5.41) is 5.24. The molecule has 0 unspecified atom stereocenters. The van der Waals surface area contributed by atoms with Gasteiger partial charge in [-0.3, -0.25) is 0 Å². The Morgan fingerprint density at radius 1 is 0.903 bits per heavy atom. The van der Waals surface area contributed by atoms with Crippen molar-refractivity contribution in [2.45, 2.75) is 6.92 Å². The van der Waals surface area contributed by atoms with Crippen LogP contribution < -0.4 is 12.6 Å². The van der Waals surface area contributed by atoms with Gasteiger partial charge >= 0.3 is 200 Å². The van der Waals surface area contributed by atoms with Gasteiger partial charge in [0, 0.05) is 0 Å². The number of thiophene rings is 1. The van der Waals surface area contributed by atoms with E-state index in [1.54, 1.807) is 7.11 Å². The van der Waals surface area contributed by atoms with Gasteiger partial charge in [0.1, 0.15) is 0 Å². The Morgan fingerprint density at radius 3 is 2.58 bits per heavy atom. The number of methoxy groups -OCH3 is 1. The first-order valence-corrected chi connectivity index (χ1v) is 13.3. The van der Waals surface area contributed by atoms with Crippen molar-refractivity contribution in [2.75, 3.05) is 7.11 Å². The van der Waals surface area contributed by atoms with Crippen molar-refractivity contribution in [2.24, 2.45) is 7.05 Å². The molecule has 0 aliphatic heterocycles. The second-order valence-electron chi connectivity index (χ2n) is 8.02. The minimum absolute atomic E-state index is 0.818. The number of aryl methyl sites for hydroxylation is 2. The third kappa shape index (κ3) is 2.76. The fourth-order valence-electron chi connectivity index (χ4n) is 4.76. The molecule has 31 heavy (non-hydrogen) atoms. The number of nitrogens with zero attached hydrogens (tertiary/aromatic N) is 2. The van der Waals surface area contributed by atoms with Crippen molar-refractivity contribution in [1.82, 2.24) is 4.57 Å². The number of hydrogen-bond acceptors (Lipinski definition) is 2. The average molecular weight is 620 g/mol. The Kier molecular flexibility index (Phi) is 4.35. The van der Waals surface area contributed by atoms with Crippen molar-refractivity contribution >= 4 is 81.3 Å². The normalized spacial score (nSPS) is 11.9. The zero-order chi connectivity index (χ0) is 21.3. The van der Waals surface area contributed by atoms with Crippen LogP contribution in [0.2, 0.25) is 0 Å². The van der Waals surface area contributed by atoms with E-state index in [2.05, 4.69) is 90.0 Å². The second kappa shape index (κ2) is 7.01. The van der Waals surface area contributed by atoms with E-state index in [4.69, 9.17) is 4.74 Å². The zero-order valence-corrected chi connectivity index (χ0v) is 22.9. The predicted octanol–water partition coefficient (Wildman–Crippen LogP) is 4.55. The summed E-state index contributed by atoms with van der Waals surface area (Å²) < 4.78 is 14.4. The van der Waals surface area contributed by atoms with Gasteiger partial charge in [-0.25, -0.2) is 0 Å². The standard InChI is InChI=1S/C26H20N2OS.Bi.2H/c1-16-22(29-3)13-12-19-17-8-4-6-10-21(17)28(26(16)19)25-14-24-20(15-27(25)2)18-9-5-7-11-23(18)30-24;;;/h5-15H,1-3H3;;;/q+1;;;. The monoisotopic (exact) mass is 619 g/mol. The Balaban J connectivity index is 1.78. The van der Waals surface area contributed by atoms with E-state index in [-0.39, 0.29) is 0 Å². The van der Waals surface area contributed by atoms with Crippen LogP contribution in [0.15, 0.2) is 66.9 Å². The summed E-state index contributed by atoms with van der Waals surface area (Å²) in [5.74, 6) is 2.09. The van der Waals surface area contributed by atoms with Crippen LogP contribution in [0.3, 0.4) is 0 Å². The van der Waals surface area contributed by atoms with Crippen molar-refractivity contribution in [3.8, 4) is 11.6 Å². The number of fused-ring (bicyclic) bond motifs is 6. The van der Waals surface area contributed by atoms with Crippen LogP contribution in [-0.2, 0) is 7.05 Å². The van der Waals surface area contributed by atoms with Gasteiger partial charge < -0.3 is 0 Å². The first kappa shape index (κ1) is 19.2. The van der Waals surface area contributed by atoms with Crippen LogP contribution in [0.1, 0.15) is 5.56 Å². The molecule has 152 valence electrons. The molecule has 3 nitrogen and oxygen atoms in total. The summed E-state index contributed by atoms with van der Waals surface area (Å²) >= 11 is 2.68. The van der Waals surface area contributed by atoms with Crippen LogP contribution in [0.4, 0.5) is 0 Å². The minimum atomic E-state index is 0.818. The first-order chi connectivity index (χ1) is 15.1. The van der Waals surface area contributed by atoms with Crippen molar-refractivity contribution < 1.29 is 9.30 Å². The molecular weight excluding hydrogens is 597 g/mol. The molecule has 0 amide bonds. The van der Waals surface area contributed by atoms with E-state index >= 15 is 0 Å². The third-order valence-electron chi connectivity index (χ3n) is 6.21. The SMILES string of the molecule is COc1ccc2c3c[c]([BiH2])ccc3n(-c3cc4sc5ccccc5c4c[n+]3C)c2c1C. The van der Waals surface area contributed by atoms with E-state index in [1.807, 2.05) is 11.3 Å². The number of rotatable bonds is 2. The summed E-state index contributed by atoms with van der Waals surface area (Å²) in [4.78, 5) is 0. The van der Waals surface area contributed by atoms with E-state index in [0.717, 1.165) is 30.5 Å². The molecule has 3 heterocycles. The number of pyridine rings is 1. The molecule has 0 fully saturated rings. The summed E-state index contributed by atoms with van der Waals surface area (Å²) in [6.07, 6.45) is 2.28. The van der Waals surface area contributed by atoms with E-state index in [9.17, 15) is 0 Å². The molecule has 0 aliphatic rings. The van der Waals surface area contributed by atoms with Crippen LogP contribution in [0, 0.1) is 6.92 Å². The van der Waals surface area contributed by atoms with Gasteiger partial charge in [0.15, 0.2) is 0 Å². The van der Waals surface area contributed by atoms with Crippen LogP contribution in [0.5, 0.6) is 5.75 Å². The summed E-state index contributed by atoms with van der Waals surface area (Å²) in [6, 6.07) is 22.2. The van der Waals surface area contributed by atoms with Gasteiger partial charge in [-0.05, 0) is 0 Å². The molecule has 0 saturated carbocycles. The van der Waals surface area contributed by atoms with Crippen LogP contribution >= 0.6 is 11.3 Å². The number of benzene rings is 3. The van der Waals surface area contributed by atoms with Gasteiger partial charge in [-0.1, -0.05) is 0 Å². The van der Waals surface area contributed by atoms with Crippen molar-refractivity contribution in [1.29, 1.82) is 0 Å². The molecule has 0 saturated heterocycles. The quantitative estimate of drug-likeness (QED) is 0.206. The molecule has 6 aromatic rings. The molecule has 0 spiro atoms. The molecule has 0 bridgehead atoms. The summed E-state index contributed by atoms with van der Waals surface area (Å²) in [6.45, 7) is 2.16. The first-order valence-electron chi connectivity index (χ1n) is 10.3. The molecular formula is C26H22BiN2OS+. The maximum absolute atomic E-state index is 5.69. The van der Waals surface area contributed by atoms with Crippen molar-refractivity contribution in [3.63, 3.8) is 0 Å². The topological polar surface area (TPSA) is 18.0 Å².